The van der Waals surface area contributed by atoms with E-state index in [0.29, 0.717) is 0 Å². The molecule has 0 unspecified atom stereocenters. The van der Waals surface area contributed by atoms with Gasteiger partial charge in [-0.15, -0.1) is 0 Å². The maximum atomic E-state index is 12.8. The van der Waals surface area contributed by atoms with Crippen molar-refractivity contribution in [2.45, 2.75) is 25.4 Å². The van der Waals surface area contributed by atoms with Gasteiger partial charge < -0.3 is 10.5 Å². The molecule has 0 atom stereocenters. The summed E-state index contributed by atoms with van der Waals surface area (Å²) in [7, 11) is 0. The molecule has 0 aromatic carbocycles. The van der Waals surface area contributed by atoms with E-state index in [-0.39, 0.29) is 17.7 Å². The van der Waals surface area contributed by atoms with E-state index in [0.717, 1.165) is 25.6 Å². The second kappa shape index (κ2) is 3.16. The van der Waals surface area contributed by atoms with E-state index in [1.165, 1.54) is 0 Å². The van der Waals surface area contributed by atoms with Crippen molar-refractivity contribution in [3.05, 3.63) is 12.3 Å². The van der Waals surface area contributed by atoms with Crippen LogP contribution in [0.3, 0.4) is 0 Å². The highest BCUT2D eigenvalue weighted by molar-refractivity contribution is 5.46. The Bertz CT molecular complexity index is 314. The van der Waals surface area contributed by atoms with Crippen LogP contribution >= 0.6 is 0 Å². The predicted molar refractivity (Wildman–Crippen MR) is 44.7 cm³/mol. The lowest BCUT2D eigenvalue weighted by Crippen LogP contribution is -2.25. The van der Waals surface area contributed by atoms with E-state index >= 15 is 0 Å². The number of nitrogens with zero attached hydrogens (tertiary/aromatic N) is 2. The Kier molecular flexibility index (Phi) is 2.00. The van der Waals surface area contributed by atoms with Crippen molar-refractivity contribution in [2.24, 2.45) is 0 Å². The first-order valence-electron chi connectivity index (χ1n) is 4.20. The highest BCUT2D eigenvalue weighted by Crippen LogP contribution is 2.27. The minimum absolute atomic E-state index is 0.102. The standard InChI is InChI=1S/C8H10FN3O/c9-7-6(10)8(12-4-11-7)13-5-2-1-3-5/h4-5H,1-3,10H2. The molecule has 0 radical (unpaired) electrons. The van der Waals surface area contributed by atoms with Crippen molar-refractivity contribution < 1.29 is 9.13 Å². The molecule has 70 valence electrons. The largest absolute Gasteiger partial charge is 0.473 e. The first kappa shape index (κ1) is 8.22. The Morgan fingerprint density at radius 3 is 2.85 bits per heavy atom. The Morgan fingerprint density at radius 1 is 1.46 bits per heavy atom. The Hall–Kier alpha value is -1.39. The smallest absolute Gasteiger partial charge is 0.243 e. The van der Waals surface area contributed by atoms with Gasteiger partial charge in [-0.3, -0.25) is 0 Å². The molecule has 13 heavy (non-hydrogen) atoms. The molecule has 0 saturated heterocycles. The number of anilines is 1. The van der Waals surface area contributed by atoms with Crippen molar-refractivity contribution in [3.8, 4) is 5.88 Å². The zero-order valence-electron chi connectivity index (χ0n) is 7.03. The van der Waals surface area contributed by atoms with Crippen LogP contribution in [-0.4, -0.2) is 16.1 Å². The fraction of sp³-hybridized carbons (Fsp3) is 0.500. The third-order valence-electron chi connectivity index (χ3n) is 2.13. The summed E-state index contributed by atoms with van der Waals surface area (Å²) in [5, 5.41) is 0. The topological polar surface area (TPSA) is 61.0 Å². The molecule has 2 N–H and O–H groups in total. The molecule has 1 saturated carbocycles. The van der Waals surface area contributed by atoms with Gasteiger partial charge in [-0.1, -0.05) is 0 Å². The molecule has 1 aliphatic carbocycles. The van der Waals surface area contributed by atoms with Gasteiger partial charge in [0.1, 0.15) is 12.4 Å². The maximum Gasteiger partial charge on any atom is 0.243 e. The molecule has 0 amide bonds. The van der Waals surface area contributed by atoms with Crippen LogP contribution < -0.4 is 10.5 Å². The molecule has 1 aromatic heterocycles. The molecule has 1 heterocycles. The van der Waals surface area contributed by atoms with Gasteiger partial charge in [-0.25, -0.2) is 4.98 Å². The summed E-state index contributed by atoms with van der Waals surface area (Å²) < 4.78 is 18.1. The number of halogens is 1. The average Bonchev–Trinajstić information content (AvgIpc) is 2.04. The molecule has 4 nitrogen and oxygen atoms in total. The van der Waals surface area contributed by atoms with Crippen LogP contribution in [0.25, 0.3) is 0 Å². The van der Waals surface area contributed by atoms with Crippen LogP contribution in [0.2, 0.25) is 0 Å². The van der Waals surface area contributed by atoms with E-state index in [4.69, 9.17) is 10.5 Å². The molecule has 1 aromatic rings. The summed E-state index contributed by atoms with van der Waals surface area (Å²) in [5.41, 5.74) is 5.28. The first-order valence-corrected chi connectivity index (χ1v) is 4.20. The zero-order valence-corrected chi connectivity index (χ0v) is 7.03. The summed E-state index contributed by atoms with van der Waals surface area (Å²) in [6.45, 7) is 0. The number of nitrogen functional groups attached to an aromatic ring is 1. The Labute approximate surface area is 74.9 Å². The van der Waals surface area contributed by atoms with Crippen molar-refractivity contribution in [1.82, 2.24) is 9.97 Å². The maximum absolute atomic E-state index is 12.8. The Balaban J connectivity index is 2.14. The van der Waals surface area contributed by atoms with Gasteiger partial charge >= 0.3 is 0 Å². The number of nitrogens with two attached hydrogens (primary N) is 1. The van der Waals surface area contributed by atoms with Gasteiger partial charge in [0.25, 0.3) is 0 Å². The highest BCUT2D eigenvalue weighted by atomic mass is 19.1. The van der Waals surface area contributed by atoms with Crippen molar-refractivity contribution in [3.63, 3.8) is 0 Å². The fourth-order valence-corrected chi connectivity index (χ4v) is 1.10. The summed E-state index contributed by atoms with van der Waals surface area (Å²) in [4.78, 5) is 7.07. The number of rotatable bonds is 2. The van der Waals surface area contributed by atoms with Crippen LogP contribution in [0.4, 0.5) is 10.1 Å². The average molecular weight is 183 g/mol. The van der Waals surface area contributed by atoms with Crippen LogP contribution in [0.15, 0.2) is 6.33 Å². The molecule has 0 spiro atoms. The number of hydrogen-bond donors (Lipinski definition) is 1. The van der Waals surface area contributed by atoms with Gasteiger partial charge in [0.15, 0.2) is 5.69 Å². The minimum Gasteiger partial charge on any atom is -0.473 e. The molecule has 1 fully saturated rings. The van der Waals surface area contributed by atoms with Gasteiger partial charge in [-0.2, -0.15) is 9.37 Å². The van der Waals surface area contributed by atoms with Crippen LogP contribution in [-0.2, 0) is 0 Å². The lowest BCUT2D eigenvalue weighted by molar-refractivity contribution is 0.115. The van der Waals surface area contributed by atoms with E-state index in [2.05, 4.69) is 9.97 Å². The van der Waals surface area contributed by atoms with Gasteiger partial charge in [-0.05, 0) is 19.3 Å². The van der Waals surface area contributed by atoms with Crippen LogP contribution in [0.1, 0.15) is 19.3 Å². The van der Waals surface area contributed by atoms with Gasteiger partial charge in [0, 0.05) is 0 Å². The lowest BCUT2D eigenvalue weighted by Gasteiger charge is -2.25. The quantitative estimate of drug-likeness (QED) is 0.698. The highest BCUT2D eigenvalue weighted by Gasteiger charge is 2.21. The third-order valence-corrected chi connectivity index (χ3v) is 2.13. The summed E-state index contributed by atoms with van der Waals surface area (Å²) in [6, 6.07) is 0. The molecule has 2 rings (SSSR count). The molecular formula is C8H10FN3O. The number of hydrogen-bond acceptors (Lipinski definition) is 4. The van der Waals surface area contributed by atoms with E-state index in [1.54, 1.807) is 0 Å². The first-order chi connectivity index (χ1) is 6.27. The molecule has 5 heteroatoms. The van der Waals surface area contributed by atoms with Gasteiger partial charge in [0.05, 0.1) is 0 Å². The summed E-state index contributed by atoms with van der Waals surface area (Å²) in [6.07, 6.45) is 4.39. The monoisotopic (exact) mass is 183 g/mol. The predicted octanol–water partition coefficient (Wildman–Crippen LogP) is 1.13. The summed E-state index contributed by atoms with van der Waals surface area (Å²) >= 11 is 0. The minimum atomic E-state index is -0.718. The van der Waals surface area contributed by atoms with Crippen molar-refractivity contribution in [1.29, 1.82) is 0 Å². The normalized spacial score (nSPS) is 16.7. The summed E-state index contributed by atoms with van der Waals surface area (Å²) in [5.74, 6) is -0.554. The van der Waals surface area contributed by atoms with E-state index < -0.39 is 5.95 Å². The van der Waals surface area contributed by atoms with E-state index in [9.17, 15) is 4.39 Å². The fourth-order valence-electron chi connectivity index (χ4n) is 1.10. The number of aromatic nitrogens is 2. The van der Waals surface area contributed by atoms with Crippen LogP contribution in [0, 0.1) is 5.95 Å². The second-order valence-electron chi connectivity index (χ2n) is 3.05. The Morgan fingerprint density at radius 2 is 2.23 bits per heavy atom. The molecular weight excluding hydrogens is 173 g/mol. The third kappa shape index (κ3) is 1.54. The zero-order chi connectivity index (χ0) is 9.26. The molecule has 0 aliphatic heterocycles. The SMILES string of the molecule is Nc1c(F)ncnc1OC1CCC1. The van der Waals surface area contributed by atoms with Crippen LogP contribution in [0.5, 0.6) is 5.88 Å². The van der Waals surface area contributed by atoms with E-state index in [1.807, 2.05) is 0 Å². The lowest BCUT2D eigenvalue weighted by atomic mass is 9.96. The van der Waals surface area contributed by atoms with Gasteiger partial charge in [0.2, 0.25) is 11.8 Å². The molecule has 0 bridgehead atoms. The number of ether oxygens (including phenoxy) is 1. The van der Waals surface area contributed by atoms with Crippen molar-refractivity contribution >= 4 is 5.69 Å². The second-order valence-corrected chi connectivity index (χ2v) is 3.05. The molecule has 1 aliphatic rings. The van der Waals surface area contributed by atoms with Crippen molar-refractivity contribution in [2.75, 3.05) is 5.73 Å².